The van der Waals surface area contributed by atoms with Crippen molar-refractivity contribution in [2.75, 3.05) is 0 Å². The third-order valence-electron chi connectivity index (χ3n) is 6.96. The first-order chi connectivity index (χ1) is 14.8. The Morgan fingerprint density at radius 3 is 2.45 bits per heavy atom. The van der Waals surface area contributed by atoms with Crippen LogP contribution in [0.5, 0.6) is 0 Å². The van der Waals surface area contributed by atoms with E-state index in [4.69, 9.17) is 0 Å². The van der Waals surface area contributed by atoms with E-state index in [2.05, 4.69) is 12.2 Å². The number of carbonyl (C=O) groups excluding carboxylic acids is 1. The van der Waals surface area contributed by atoms with Crippen molar-refractivity contribution in [3.05, 3.63) is 71.2 Å². The van der Waals surface area contributed by atoms with Gasteiger partial charge in [0, 0.05) is 29.7 Å². The molecule has 31 heavy (non-hydrogen) atoms. The van der Waals surface area contributed by atoms with Gasteiger partial charge in [-0.1, -0.05) is 31.2 Å². The summed E-state index contributed by atoms with van der Waals surface area (Å²) in [6.45, 7) is 2.63. The Labute approximate surface area is 179 Å². The highest BCUT2D eigenvalue weighted by atomic mass is 19.3. The van der Waals surface area contributed by atoms with Crippen LogP contribution in [-0.2, 0) is 6.54 Å². The molecule has 2 fully saturated rings. The van der Waals surface area contributed by atoms with Gasteiger partial charge in [0.05, 0.1) is 11.1 Å². The standard InChI is InChI=1S/C25H25F3N2O/c1-15-10-25(11-15)12-18(13-25)29-24(31)20-6-7-21(26)19-8-9-30(22(19)20)14-16-2-4-17(5-3-16)23(27)28/h2-9,15,18,23H,10-14H2,1H3,(H,29,31). The minimum atomic E-state index is -2.51. The molecule has 1 aromatic heterocycles. The van der Waals surface area contributed by atoms with Gasteiger partial charge in [-0.05, 0) is 60.8 Å². The Kier molecular flexibility index (Phi) is 4.83. The van der Waals surface area contributed by atoms with Gasteiger partial charge in [0.25, 0.3) is 12.3 Å². The van der Waals surface area contributed by atoms with Crippen LogP contribution in [-0.4, -0.2) is 16.5 Å². The van der Waals surface area contributed by atoms with Crippen LogP contribution in [0.2, 0.25) is 0 Å². The van der Waals surface area contributed by atoms with Gasteiger partial charge in [-0.25, -0.2) is 13.2 Å². The smallest absolute Gasteiger partial charge is 0.263 e. The molecule has 2 aliphatic carbocycles. The summed E-state index contributed by atoms with van der Waals surface area (Å²) in [5.74, 6) is 0.209. The number of aromatic nitrogens is 1. The zero-order valence-corrected chi connectivity index (χ0v) is 17.4. The largest absolute Gasteiger partial charge is 0.349 e. The van der Waals surface area contributed by atoms with Crippen LogP contribution < -0.4 is 5.32 Å². The number of halogens is 3. The predicted octanol–water partition coefficient (Wildman–Crippen LogP) is 6.07. The quantitative estimate of drug-likeness (QED) is 0.528. The van der Waals surface area contributed by atoms with Crippen molar-refractivity contribution >= 4 is 16.8 Å². The molecule has 3 nitrogen and oxygen atoms in total. The van der Waals surface area contributed by atoms with Crippen LogP contribution >= 0.6 is 0 Å². The lowest BCUT2D eigenvalue weighted by Crippen LogP contribution is -2.55. The number of carbonyl (C=O) groups is 1. The molecule has 2 aromatic carbocycles. The Bertz CT molecular complexity index is 1120. The van der Waals surface area contributed by atoms with Crippen molar-refractivity contribution in [1.29, 1.82) is 0 Å². The molecule has 6 heteroatoms. The Morgan fingerprint density at radius 1 is 1.10 bits per heavy atom. The molecule has 0 aliphatic heterocycles. The van der Waals surface area contributed by atoms with Crippen molar-refractivity contribution in [1.82, 2.24) is 9.88 Å². The highest BCUT2D eigenvalue weighted by molar-refractivity contribution is 6.06. The topological polar surface area (TPSA) is 34.0 Å². The number of hydrogen-bond donors (Lipinski definition) is 1. The summed E-state index contributed by atoms with van der Waals surface area (Å²) in [7, 11) is 0. The molecule has 2 saturated carbocycles. The van der Waals surface area contributed by atoms with E-state index < -0.39 is 6.43 Å². The van der Waals surface area contributed by atoms with E-state index in [9.17, 15) is 18.0 Å². The normalized spacial score (nSPS) is 24.9. The van der Waals surface area contributed by atoms with Crippen LogP contribution in [0.3, 0.4) is 0 Å². The molecule has 3 aromatic rings. The van der Waals surface area contributed by atoms with E-state index in [1.165, 1.54) is 37.1 Å². The van der Waals surface area contributed by atoms with E-state index in [0.29, 0.717) is 28.4 Å². The maximum Gasteiger partial charge on any atom is 0.263 e. The van der Waals surface area contributed by atoms with Gasteiger partial charge in [-0.15, -0.1) is 0 Å². The second kappa shape index (κ2) is 7.43. The zero-order valence-electron chi connectivity index (χ0n) is 17.4. The molecule has 162 valence electrons. The fourth-order valence-electron chi connectivity index (χ4n) is 5.67. The van der Waals surface area contributed by atoms with E-state index in [1.54, 1.807) is 29.0 Å². The Morgan fingerprint density at radius 2 is 1.81 bits per heavy atom. The second-order valence-electron chi connectivity index (χ2n) is 9.44. The highest BCUT2D eigenvalue weighted by Gasteiger charge is 2.51. The molecule has 5 rings (SSSR count). The van der Waals surface area contributed by atoms with Crippen LogP contribution in [0, 0.1) is 17.2 Å². The molecule has 1 heterocycles. The zero-order chi connectivity index (χ0) is 21.8. The molecule has 0 saturated heterocycles. The van der Waals surface area contributed by atoms with Gasteiger partial charge in [-0.3, -0.25) is 4.79 Å². The first kappa shape index (κ1) is 20.2. The van der Waals surface area contributed by atoms with E-state index in [0.717, 1.165) is 24.3 Å². The SMILES string of the molecule is CC1CC2(C1)CC(NC(=O)c1ccc(F)c3ccn(Cc4ccc(C(F)F)cc4)c13)C2. The van der Waals surface area contributed by atoms with Crippen LogP contribution in [0.25, 0.3) is 10.9 Å². The molecular weight excluding hydrogens is 401 g/mol. The lowest BCUT2D eigenvalue weighted by molar-refractivity contribution is -0.0399. The molecule has 1 spiro atoms. The number of nitrogens with one attached hydrogen (secondary N) is 1. The number of nitrogens with zero attached hydrogens (tertiary/aromatic N) is 1. The average Bonchev–Trinajstić information content (AvgIpc) is 3.10. The van der Waals surface area contributed by atoms with Gasteiger partial charge in [0.2, 0.25) is 0 Å². The van der Waals surface area contributed by atoms with E-state index >= 15 is 0 Å². The molecule has 0 bridgehead atoms. The van der Waals surface area contributed by atoms with Gasteiger partial charge in [0.1, 0.15) is 5.82 Å². The summed E-state index contributed by atoms with van der Waals surface area (Å²) >= 11 is 0. The Hall–Kier alpha value is -2.76. The third kappa shape index (κ3) is 3.62. The predicted molar refractivity (Wildman–Crippen MR) is 114 cm³/mol. The van der Waals surface area contributed by atoms with Crippen molar-refractivity contribution < 1.29 is 18.0 Å². The molecule has 1 amide bonds. The highest BCUT2D eigenvalue weighted by Crippen LogP contribution is 2.58. The number of alkyl halides is 2. The molecule has 0 radical (unpaired) electrons. The first-order valence-electron chi connectivity index (χ1n) is 10.8. The fourth-order valence-corrected chi connectivity index (χ4v) is 5.67. The van der Waals surface area contributed by atoms with Gasteiger partial charge < -0.3 is 9.88 Å². The molecular formula is C25H25F3N2O. The number of hydrogen-bond acceptors (Lipinski definition) is 1. The van der Waals surface area contributed by atoms with E-state index in [1.807, 2.05) is 0 Å². The van der Waals surface area contributed by atoms with Crippen LogP contribution in [0.15, 0.2) is 48.7 Å². The van der Waals surface area contributed by atoms with Crippen LogP contribution in [0.4, 0.5) is 13.2 Å². The van der Waals surface area contributed by atoms with Crippen LogP contribution in [0.1, 0.15) is 60.5 Å². The monoisotopic (exact) mass is 426 g/mol. The van der Waals surface area contributed by atoms with Gasteiger partial charge >= 0.3 is 0 Å². The molecule has 2 aliphatic rings. The molecule has 0 unspecified atom stereocenters. The first-order valence-corrected chi connectivity index (χ1v) is 10.8. The lowest BCUT2D eigenvalue weighted by atomic mass is 9.50. The summed E-state index contributed by atoms with van der Waals surface area (Å²) in [5, 5.41) is 3.51. The van der Waals surface area contributed by atoms with Crippen molar-refractivity contribution in [2.24, 2.45) is 11.3 Å². The summed E-state index contributed by atoms with van der Waals surface area (Å²) in [4.78, 5) is 13.0. The number of fused-ring (bicyclic) bond motifs is 1. The van der Waals surface area contributed by atoms with Crippen molar-refractivity contribution in [3.8, 4) is 0 Å². The summed E-state index contributed by atoms with van der Waals surface area (Å²) in [6, 6.07) is 10.8. The number of rotatable bonds is 5. The Balaban J connectivity index is 1.38. The fraction of sp³-hybridized carbons (Fsp3) is 0.400. The minimum absolute atomic E-state index is 0.0358. The lowest BCUT2D eigenvalue weighted by Gasteiger charge is -2.57. The summed E-state index contributed by atoms with van der Waals surface area (Å²) in [6.07, 6.45) is 3.75. The summed E-state index contributed by atoms with van der Waals surface area (Å²) in [5.41, 5.74) is 2.17. The van der Waals surface area contributed by atoms with E-state index in [-0.39, 0.29) is 23.3 Å². The maximum atomic E-state index is 14.4. The number of amides is 1. The molecule has 0 atom stereocenters. The second-order valence-corrected chi connectivity index (χ2v) is 9.44. The molecule has 1 N–H and O–H groups in total. The summed E-state index contributed by atoms with van der Waals surface area (Å²) < 4.78 is 41.9. The third-order valence-corrected chi connectivity index (χ3v) is 6.96. The van der Waals surface area contributed by atoms with Crippen molar-refractivity contribution in [3.63, 3.8) is 0 Å². The average molecular weight is 426 g/mol. The minimum Gasteiger partial charge on any atom is -0.349 e. The maximum absolute atomic E-state index is 14.4. The number of benzene rings is 2. The van der Waals surface area contributed by atoms with Gasteiger partial charge in [0.15, 0.2) is 0 Å². The van der Waals surface area contributed by atoms with Gasteiger partial charge in [-0.2, -0.15) is 0 Å². The van der Waals surface area contributed by atoms with Crippen molar-refractivity contribution in [2.45, 2.75) is 51.6 Å².